The fourth-order valence-corrected chi connectivity index (χ4v) is 5.71. The zero-order valence-electron chi connectivity index (χ0n) is 20.5. The monoisotopic (exact) mass is 510 g/mol. The van der Waals surface area contributed by atoms with Gasteiger partial charge in [0.1, 0.15) is 6.61 Å². The summed E-state index contributed by atoms with van der Waals surface area (Å²) in [6.45, 7) is 3.39. The molecule has 1 aliphatic rings. The lowest BCUT2D eigenvalue weighted by molar-refractivity contribution is -0.187. The molecule has 0 saturated carbocycles. The largest absolute Gasteiger partial charge is 0.459 e. The van der Waals surface area contributed by atoms with E-state index in [-0.39, 0.29) is 32.6 Å². The molecule has 36 heavy (non-hydrogen) atoms. The summed E-state index contributed by atoms with van der Waals surface area (Å²) in [5, 5.41) is 0. The van der Waals surface area contributed by atoms with E-state index < -0.39 is 25.0 Å². The van der Waals surface area contributed by atoms with Gasteiger partial charge in [0.25, 0.3) is 0 Å². The standard InChI is InChI=1S/C28H31O7P/c1-27(2)32-21-28(35-27,26(29)31-18-23-12-6-3-7-13-23)22-36(30,33-19-24-14-8-4-9-15-24)34-20-25-16-10-5-11-17-25/h3-17H,18-22H2,1-2H3. The third-order valence-electron chi connectivity index (χ3n) is 5.67. The number of ether oxygens (including phenoxy) is 3. The number of hydrogen-bond donors (Lipinski definition) is 0. The van der Waals surface area contributed by atoms with Crippen LogP contribution in [0.15, 0.2) is 91.0 Å². The minimum Gasteiger partial charge on any atom is -0.459 e. The highest BCUT2D eigenvalue weighted by Crippen LogP contribution is 2.54. The molecule has 1 fully saturated rings. The molecule has 1 saturated heterocycles. The molecule has 1 atom stereocenters. The molecule has 0 N–H and O–H groups in total. The summed E-state index contributed by atoms with van der Waals surface area (Å²) < 4.78 is 43.3. The fraction of sp³-hybridized carbons (Fsp3) is 0.321. The van der Waals surface area contributed by atoms with Gasteiger partial charge in [0, 0.05) is 0 Å². The van der Waals surface area contributed by atoms with Crippen LogP contribution in [0.25, 0.3) is 0 Å². The molecule has 0 amide bonds. The number of carbonyl (C=O) groups excluding carboxylic acids is 1. The quantitative estimate of drug-likeness (QED) is 0.235. The Bertz CT molecular complexity index is 1120. The zero-order valence-corrected chi connectivity index (χ0v) is 21.4. The lowest BCUT2D eigenvalue weighted by atomic mass is 10.1. The molecular formula is C28H31O7P. The van der Waals surface area contributed by atoms with Gasteiger partial charge in [0.2, 0.25) is 5.60 Å². The second-order valence-corrected chi connectivity index (χ2v) is 11.2. The van der Waals surface area contributed by atoms with Gasteiger partial charge in [0.15, 0.2) is 5.79 Å². The fourth-order valence-electron chi connectivity index (χ4n) is 3.85. The van der Waals surface area contributed by atoms with Crippen LogP contribution >= 0.6 is 7.60 Å². The molecular weight excluding hydrogens is 479 g/mol. The minimum absolute atomic E-state index is 0.0469. The Hall–Kier alpha value is -2.80. The topological polar surface area (TPSA) is 80.3 Å². The molecule has 190 valence electrons. The Morgan fingerprint density at radius 1 is 0.778 bits per heavy atom. The van der Waals surface area contributed by atoms with Crippen LogP contribution in [0.4, 0.5) is 0 Å². The predicted octanol–water partition coefficient (Wildman–Crippen LogP) is 5.88. The molecule has 0 radical (unpaired) electrons. The van der Waals surface area contributed by atoms with Gasteiger partial charge in [-0.3, -0.25) is 4.57 Å². The first-order valence-corrected chi connectivity index (χ1v) is 13.5. The first kappa shape index (κ1) is 26.3. The Morgan fingerprint density at radius 3 is 1.64 bits per heavy atom. The van der Waals surface area contributed by atoms with Crippen molar-refractivity contribution in [2.24, 2.45) is 0 Å². The molecule has 1 unspecified atom stereocenters. The van der Waals surface area contributed by atoms with Crippen LogP contribution in [0.1, 0.15) is 30.5 Å². The van der Waals surface area contributed by atoms with Gasteiger partial charge in [0.05, 0.1) is 26.0 Å². The minimum atomic E-state index is -3.88. The number of benzene rings is 3. The highest BCUT2D eigenvalue weighted by molar-refractivity contribution is 7.54. The van der Waals surface area contributed by atoms with Crippen LogP contribution in [0.2, 0.25) is 0 Å². The van der Waals surface area contributed by atoms with Crippen LogP contribution in [-0.2, 0) is 52.4 Å². The van der Waals surface area contributed by atoms with Gasteiger partial charge < -0.3 is 23.3 Å². The smallest absolute Gasteiger partial charge is 0.342 e. The molecule has 4 rings (SSSR count). The van der Waals surface area contributed by atoms with Crippen molar-refractivity contribution in [3.05, 3.63) is 108 Å². The molecule has 8 heteroatoms. The predicted molar refractivity (Wildman–Crippen MR) is 135 cm³/mol. The molecule has 3 aromatic rings. The van der Waals surface area contributed by atoms with Gasteiger partial charge in [-0.1, -0.05) is 91.0 Å². The van der Waals surface area contributed by atoms with Crippen molar-refractivity contribution < 1.29 is 32.6 Å². The lowest BCUT2D eigenvalue weighted by Gasteiger charge is -2.30. The van der Waals surface area contributed by atoms with Crippen LogP contribution in [-0.4, -0.2) is 30.1 Å². The van der Waals surface area contributed by atoms with Crippen LogP contribution in [0.5, 0.6) is 0 Å². The van der Waals surface area contributed by atoms with E-state index in [4.69, 9.17) is 23.3 Å². The average Bonchev–Trinajstić information content (AvgIpc) is 3.21. The second kappa shape index (κ2) is 11.5. The molecule has 7 nitrogen and oxygen atoms in total. The van der Waals surface area contributed by atoms with Crippen molar-refractivity contribution >= 4 is 13.6 Å². The Balaban J connectivity index is 1.55. The molecule has 0 aromatic heterocycles. The Labute approximate surface area is 211 Å². The van der Waals surface area contributed by atoms with E-state index in [9.17, 15) is 9.36 Å². The van der Waals surface area contributed by atoms with E-state index in [1.807, 2.05) is 91.0 Å². The van der Waals surface area contributed by atoms with Gasteiger partial charge in [-0.2, -0.15) is 0 Å². The van der Waals surface area contributed by atoms with Gasteiger partial charge in [-0.25, -0.2) is 4.79 Å². The summed E-state index contributed by atoms with van der Waals surface area (Å²) in [6, 6.07) is 28.0. The molecule has 0 spiro atoms. The first-order valence-electron chi connectivity index (χ1n) is 11.8. The molecule has 0 aliphatic carbocycles. The van der Waals surface area contributed by atoms with E-state index in [0.717, 1.165) is 16.7 Å². The van der Waals surface area contributed by atoms with Crippen molar-refractivity contribution in [3.63, 3.8) is 0 Å². The van der Waals surface area contributed by atoms with Gasteiger partial charge >= 0.3 is 13.6 Å². The Morgan fingerprint density at radius 2 is 1.22 bits per heavy atom. The third-order valence-corrected chi connectivity index (χ3v) is 7.61. The summed E-state index contributed by atoms with van der Waals surface area (Å²) >= 11 is 0. The van der Waals surface area contributed by atoms with E-state index in [0.29, 0.717) is 0 Å². The van der Waals surface area contributed by atoms with Crippen LogP contribution in [0, 0.1) is 0 Å². The first-order chi connectivity index (χ1) is 17.3. The maximum absolute atomic E-state index is 14.1. The highest BCUT2D eigenvalue weighted by atomic mass is 31.2. The third kappa shape index (κ3) is 7.12. The number of carbonyl (C=O) groups is 1. The normalized spacial score (nSPS) is 19.2. The van der Waals surface area contributed by atoms with Crippen molar-refractivity contribution in [1.29, 1.82) is 0 Å². The average molecular weight is 511 g/mol. The van der Waals surface area contributed by atoms with E-state index in [2.05, 4.69) is 0 Å². The summed E-state index contributed by atoms with van der Waals surface area (Å²) in [4.78, 5) is 13.4. The van der Waals surface area contributed by atoms with Crippen molar-refractivity contribution in [3.8, 4) is 0 Å². The zero-order chi connectivity index (χ0) is 25.5. The number of rotatable bonds is 11. The van der Waals surface area contributed by atoms with E-state index in [1.54, 1.807) is 13.8 Å². The summed E-state index contributed by atoms with van der Waals surface area (Å²) in [5.41, 5.74) is 0.820. The molecule has 1 aliphatic heterocycles. The Kier molecular flexibility index (Phi) is 8.39. The van der Waals surface area contributed by atoms with Gasteiger partial charge in [-0.05, 0) is 30.5 Å². The van der Waals surface area contributed by atoms with Crippen molar-refractivity contribution in [2.45, 2.75) is 45.1 Å². The molecule has 3 aromatic carbocycles. The number of hydrogen-bond acceptors (Lipinski definition) is 7. The lowest BCUT2D eigenvalue weighted by Crippen LogP contribution is -2.47. The highest BCUT2D eigenvalue weighted by Gasteiger charge is 2.56. The number of esters is 1. The summed E-state index contributed by atoms with van der Waals surface area (Å²) in [6.07, 6.45) is -0.350. The van der Waals surface area contributed by atoms with E-state index in [1.165, 1.54) is 0 Å². The summed E-state index contributed by atoms with van der Waals surface area (Å²) in [5.74, 6) is -1.75. The molecule has 1 heterocycles. The SMILES string of the molecule is CC1(C)OCC(CP(=O)(OCc2ccccc2)OCc2ccccc2)(C(=O)OCc2ccccc2)O1. The van der Waals surface area contributed by atoms with Crippen LogP contribution in [0.3, 0.4) is 0 Å². The van der Waals surface area contributed by atoms with Crippen molar-refractivity contribution in [1.82, 2.24) is 0 Å². The maximum atomic E-state index is 14.1. The summed E-state index contributed by atoms with van der Waals surface area (Å²) in [7, 11) is -3.88. The molecule has 0 bridgehead atoms. The van der Waals surface area contributed by atoms with Gasteiger partial charge in [-0.15, -0.1) is 0 Å². The van der Waals surface area contributed by atoms with E-state index >= 15 is 0 Å². The van der Waals surface area contributed by atoms with Crippen molar-refractivity contribution in [2.75, 3.05) is 12.8 Å². The maximum Gasteiger partial charge on any atom is 0.342 e. The van der Waals surface area contributed by atoms with Crippen LogP contribution < -0.4 is 0 Å². The second-order valence-electron chi connectivity index (χ2n) is 9.13.